The molecule has 0 saturated heterocycles. The molecule has 0 radical (unpaired) electrons. The zero-order chi connectivity index (χ0) is 35.9. The summed E-state index contributed by atoms with van der Waals surface area (Å²) in [6, 6.07) is 9.12. The predicted octanol–water partition coefficient (Wildman–Crippen LogP) is 3.62. The molecule has 18 heteroatoms. The van der Waals surface area contributed by atoms with Gasteiger partial charge in [0.05, 0.1) is 18.3 Å². The number of halogens is 4. The number of benzene rings is 2. The van der Waals surface area contributed by atoms with Crippen molar-refractivity contribution in [2.75, 3.05) is 19.8 Å². The fourth-order valence-electron chi connectivity index (χ4n) is 4.95. The van der Waals surface area contributed by atoms with E-state index in [1.807, 2.05) is 0 Å². The molecule has 5 rings (SSSR count). The zero-order valence-corrected chi connectivity index (χ0v) is 26.9. The van der Waals surface area contributed by atoms with Gasteiger partial charge in [-0.15, -0.1) is 0 Å². The highest BCUT2D eigenvalue weighted by Crippen LogP contribution is 2.48. The Labute approximate surface area is 276 Å². The van der Waals surface area contributed by atoms with Crippen LogP contribution < -0.4 is 25.3 Å². The van der Waals surface area contributed by atoms with Gasteiger partial charge < -0.3 is 40.2 Å². The maximum Gasteiger partial charge on any atom is 0.469 e. The number of carbonyl (C=O) groups is 2. The first-order valence-electron chi connectivity index (χ1n) is 14.8. The van der Waals surface area contributed by atoms with E-state index in [4.69, 9.17) is 29.7 Å². The number of nitrogens with one attached hydrogen (secondary N) is 1. The largest absolute Gasteiger partial charge is 0.489 e. The molecule has 1 saturated carbocycles. The van der Waals surface area contributed by atoms with Gasteiger partial charge in [0.1, 0.15) is 42.0 Å². The van der Waals surface area contributed by atoms with Crippen LogP contribution in [0.5, 0.6) is 17.2 Å². The summed E-state index contributed by atoms with van der Waals surface area (Å²) >= 11 is 0. The number of phosphoric ester groups is 1. The Hall–Kier alpha value is -4.28. The van der Waals surface area contributed by atoms with E-state index in [0.29, 0.717) is 12.8 Å². The van der Waals surface area contributed by atoms with Crippen molar-refractivity contribution in [2.24, 2.45) is 5.73 Å². The van der Waals surface area contributed by atoms with Crippen molar-refractivity contribution in [1.82, 2.24) is 10.3 Å². The molecule has 1 fully saturated rings. The van der Waals surface area contributed by atoms with Crippen LogP contribution >= 0.6 is 7.82 Å². The maximum absolute atomic E-state index is 14.7. The molecule has 13 nitrogen and oxygen atoms in total. The summed E-state index contributed by atoms with van der Waals surface area (Å²) in [7, 11) is -4.79. The van der Waals surface area contributed by atoms with Crippen LogP contribution in [0.15, 0.2) is 48.5 Å². The number of carbonyl (C=O) groups excluding carboxylic acids is 2. The number of ether oxygens (including phenoxy) is 3. The van der Waals surface area contributed by atoms with Gasteiger partial charge in [0.15, 0.2) is 11.5 Å². The fourth-order valence-corrected chi connectivity index (χ4v) is 5.48. The van der Waals surface area contributed by atoms with E-state index in [1.165, 1.54) is 44.2 Å². The standard InChI is InChI=1S/C31H32F4N3O10P/c1-16(48-49(42,43)44)13-45-22-10-5-18(11-23(22)47-20-8-9-20)27(39)37-14-30(41,31(33,34)35)24-12-21-26(46-15-29(21,2)28(36)40)25(38-24)17-3-6-19(32)7-4-17/h3-7,10-12,16,20,41H,8-9,13-15H2,1-2H3,(H2,36,40)(H,37,39)(H2,42,43,44)/t16-,29+,30+/m1/s1. The summed E-state index contributed by atoms with van der Waals surface area (Å²) in [5.41, 5.74) is -1.17. The predicted molar refractivity (Wildman–Crippen MR) is 162 cm³/mol. The van der Waals surface area contributed by atoms with E-state index in [9.17, 15) is 36.8 Å². The number of rotatable bonds is 13. The smallest absolute Gasteiger partial charge is 0.469 e. The van der Waals surface area contributed by atoms with E-state index < -0.39 is 61.0 Å². The minimum Gasteiger partial charge on any atom is -0.489 e. The molecule has 49 heavy (non-hydrogen) atoms. The Morgan fingerprint density at radius 1 is 1.14 bits per heavy atom. The van der Waals surface area contributed by atoms with Crippen molar-refractivity contribution in [2.45, 2.75) is 56.1 Å². The van der Waals surface area contributed by atoms with E-state index in [0.717, 1.165) is 18.2 Å². The summed E-state index contributed by atoms with van der Waals surface area (Å²) in [5.74, 6) is -2.55. The lowest BCUT2D eigenvalue weighted by Crippen LogP contribution is -2.51. The Kier molecular flexibility index (Phi) is 9.71. The minimum atomic E-state index is -5.42. The number of aromatic nitrogens is 1. The van der Waals surface area contributed by atoms with E-state index >= 15 is 0 Å². The number of alkyl halides is 3. The van der Waals surface area contributed by atoms with Crippen LogP contribution in [-0.4, -0.2) is 69.8 Å². The third-order valence-electron chi connectivity index (χ3n) is 7.95. The van der Waals surface area contributed by atoms with Crippen LogP contribution in [0.2, 0.25) is 0 Å². The van der Waals surface area contributed by atoms with Gasteiger partial charge in [-0.25, -0.2) is 13.9 Å². The highest BCUT2D eigenvalue weighted by atomic mass is 31.2. The van der Waals surface area contributed by atoms with Crippen molar-refractivity contribution in [3.8, 4) is 28.5 Å². The molecule has 264 valence electrons. The van der Waals surface area contributed by atoms with Gasteiger partial charge >= 0.3 is 14.0 Å². The van der Waals surface area contributed by atoms with Gasteiger partial charge in [0.25, 0.3) is 5.91 Å². The van der Waals surface area contributed by atoms with E-state index in [1.54, 1.807) is 0 Å². The lowest BCUT2D eigenvalue weighted by molar-refractivity contribution is -0.265. The van der Waals surface area contributed by atoms with Crippen LogP contribution in [0, 0.1) is 5.82 Å². The second kappa shape index (κ2) is 13.2. The van der Waals surface area contributed by atoms with Gasteiger partial charge in [0.2, 0.25) is 11.5 Å². The monoisotopic (exact) mass is 713 g/mol. The summed E-state index contributed by atoms with van der Waals surface area (Å²) in [6.07, 6.45) is -5.29. The third kappa shape index (κ3) is 7.81. The number of nitrogens with two attached hydrogens (primary N) is 1. The summed E-state index contributed by atoms with van der Waals surface area (Å²) in [4.78, 5) is 47.7. The van der Waals surface area contributed by atoms with Crippen molar-refractivity contribution in [3.05, 3.63) is 71.2 Å². The van der Waals surface area contributed by atoms with Crippen LogP contribution in [0.3, 0.4) is 0 Å². The first-order valence-corrected chi connectivity index (χ1v) is 16.3. The van der Waals surface area contributed by atoms with Gasteiger partial charge in [-0.2, -0.15) is 13.2 Å². The molecular formula is C31H32F4N3O10P. The van der Waals surface area contributed by atoms with Gasteiger partial charge in [-0.05, 0) is 75.2 Å². The number of aliphatic hydroxyl groups is 1. The zero-order valence-electron chi connectivity index (χ0n) is 26.0. The Balaban J connectivity index is 1.45. The Morgan fingerprint density at radius 2 is 1.82 bits per heavy atom. The van der Waals surface area contributed by atoms with Crippen molar-refractivity contribution < 1.29 is 65.3 Å². The number of hydrogen-bond donors (Lipinski definition) is 5. The Morgan fingerprint density at radius 3 is 2.41 bits per heavy atom. The molecule has 2 heterocycles. The number of amides is 2. The number of fused-ring (bicyclic) bond motifs is 1. The van der Waals surface area contributed by atoms with Crippen molar-refractivity contribution in [1.29, 1.82) is 0 Å². The van der Waals surface area contributed by atoms with Gasteiger partial charge in [0, 0.05) is 16.7 Å². The topological polar surface area (TPSA) is 200 Å². The summed E-state index contributed by atoms with van der Waals surface area (Å²) in [6.45, 7) is 0.632. The molecule has 1 aliphatic heterocycles. The number of pyridine rings is 1. The van der Waals surface area contributed by atoms with Crippen LogP contribution in [0.1, 0.15) is 48.3 Å². The molecule has 1 aliphatic carbocycles. The average molecular weight is 714 g/mol. The first-order chi connectivity index (χ1) is 22.8. The molecule has 2 aromatic carbocycles. The lowest BCUT2D eigenvalue weighted by atomic mass is 9.81. The van der Waals surface area contributed by atoms with Crippen LogP contribution in [0.4, 0.5) is 17.6 Å². The summed E-state index contributed by atoms with van der Waals surface area (Å²) in [5, 5.41) is 13.4. The molecule has 1 aromatic heterocycles. The quantitative estimate of drug-likeness (QED) is 0.128. The minimum absolute atomic E-state index is 0.0413. The molecule has 0 unspecified atom stereocenters. The van der Waals surface area contributed by atoms with Gasteiger partial charge in [-0.1, -0.05) is 0 Å². The normalized spacial score (nSPS) is 19.3. The lowest BCUT2D eigenvalue weighted by Gasteiger charge is -2.31. The molecule has 0 bridgehead atoms. The molecule has 0 spiro atoms. The molecule has 3 aromatic rings. The first kappa shape index (κ1) is 36.0. The van der Waals surface area contributed by atoms with Crippen molar-refractivity contribution in [3.63, 3.8) is 0 Å². The SMILES string of the molecule is C[C@H](COc1ccc(C(=O)NC[C@](O)(c2cc3c(c(-c4ccc(F)cc4)n2)OC[C@]3(C)C(N)=O)C(F)(F)F)cc1OC1CC1)OP(=O)(O)O. The van der Waals surface area contributed by atoms with Crippen LogP contribution in [0.25, 0.3) is 11.3 Å². The molecule has 2 amide bonds. The van der Waals surface area contributed by atoms with E-state index in [-0.39, 0.29) is 59.0 Å². The average Bonchev–Trinajstić information content (AvgIpc) is 3.77. The van der Waals surface area contributed by atoms with Gasteiger partial charge in [-0.3, -0.25) is 14.1 Å². The molecule has 2 aliphatic rings. The number of phosphoric acid groups is 1. The second-order valence-electron chi connectivity index (χ2n) is 12.0. The van der Waals surface area contributed by atoms with Crippen LogP contribution in [-0.2, 0) is 24.9 Å². The fraction of sp³-hybridized carbons (Fsp3) is 0.387. The molecule has 3 atom stereocenters. The third-order valence-corrected chi connectivity index (χ3v) is 8.58. The van der Waals surface area contributed by atoms with E-state index in [2.05, 4.69) is 14.8 Å². The highest BCUT2D eigenvalue weighted by molar-refractivity contribution is 7.46. The van der Waals surface area contributed by atoms with Crippen molar-refractivity contribution >= 4 is 19.6 Å². The Bertz CT molecular complexity index is 1800. The second-order valence-corrected chi connectivity index (χ2v) is 13.2. The molecule has 6 N–H and O–H groups in total. The molecular weight excluding hydrogens is 681 g/mol. The maximum atomic E-state index is 14.7. The summed E-state index contributed by atoms with van der Waals surface area (Å²) < 4.78 is 90.6. The highest BCUT2D eigenvalue weighted by Gasteiger charge is 2.57. The number of hydrogen-bond acceptors (Lipinski definition) is 9. The number of primary amides is 1. The number of nitrogens with zero attached hydrogens (tertiary/aromatic N) is 1.